The minimum Gasteiger partial charge on any atom is -0.447 e. The van der Waals surface area contributed by atoms with E-state index in [1.165, 1.54) is 18.4 Å². The number of morpholine rings is 1. The third-order valence-electron chi connectivity index (χ3n) is 7.39. The number of oxazole rings is 1. The van der Waals surface area contributed by atoms with Crippen LogP contribution in [0.3, 0.4) is 0 Å². The number of carbonyl (C=O) groups is 1. The van der Waals surface area contributed by atoms with Crippen LogP contribution in [0, 0.1) is 5.82 Å². The van der Waals surface area contributed by atoms with Crippen molar-refractivity contribution >= 4 is 11.6 Å². The molecule has 37 heavy (non-hydrogen) atoms. The fraction of sp³-hybridized carbons (Fsp3) is 0.615. The van der Waals surface area contributed by atoms with Crippen LogP contribution >= 0.6 is 0 Å². The maximum absolute atomic E-state index is 13.2. The SMILES string of the molecule is O=C(c1coc(CN2CCN(C[C@H](O)CN3CCOCC3)CC2)n1)N1CCN(c2ccc(F)cc2)CC1. The van der Waals surface area contributed by atoms with Crippen molar-refractivity contribution in [1.82, 2.24) is 24.6 Å². The van der Waals surface area contributed by atoms with Crippen molar-refractivity contribution in [2.24, 2.45) is 0 Å². The number of hydrogen-bond donors (Lipinski definition) is 1. The smallest absolute Gasteiger partial charge is 0.275 e. The molecule has 4 heterocycles. The number of piperazine rings is 2. The average Bonchev–Trinajstić information content (AvgIpc) is 3.39. The molecule has 2 aromatic rings. The Labute approximate surface area is 217 Å². The number of aromatic nitrogens is 1. The number of benzene rings is 1. The molecule has 0 spiro atoms. The van der Waals surface area contributed by atoms with Gasteiger partial charge < -0.3 is 24.1 Å². The van der Waals surface area contributed by atoms with Crippen molar-refractivity contribution in [2.45, 2.75) is 12.6 Å². The van der Waals surface area contributed by atoms with Crippen LogP contribution in [-0.2, 0) is 11.3 Å². The Kier molecular flexibility index (Phi) is 8.67. The van der Waals surface area contributed by atoms with E-state index in [2.05, 4.69) is 24.6 Å². The van der Waals surface area contributed by atoms with Gasteiger partial charge in [0.05, 0.1) is 25.9 Å². The second-order valence-electron chi connectivity index (χ2n) is 10.0. The summed E-state index contributed by atoms with van der Waals surface area (Å²) in [6, 6.07) is 6.45. The van der Waals surface area contributed by atoms with Gasteiger partial charge in [-0.2, -0.15) is 0 Å². The highest BCUT2D eigenvalue weighted by Crippen LogP contribution is 2.18. The number of hydrogen-bond acceptors (Lipinski definition) is 9. The number of anilines is 1. The molecule has 202 valence electrons. The van der Waals surface area contributed by atoms with Crippen LogP contribution < -0.4 is 4.90 Å². The lowest BCUT2D eigenvalue weighted by molar-refractivity contribution is 0.00187. The first kappa shape index (κ1) is 26.1. The molecule has 3 aliphatic heterocycles. The molecule has 1 aromatic carbocycles. The number of carbonyl (C=O) groups excluding carboxylic acids is 1. The Morgan fingerprint density at radius 2 is 1.51 bits per heavy atom. The van der Waals surface area contributed by atoms with Crippen molar-refractivity contribution in [3.63, 3.8) is 0 Å². The van der Waals surface area contributed by atoms with E-state index >= 15 is 0 Å². The number of aliphatic hydroxyl groups excluding tert-OH is 1. The van der Waals surface area contributed by atoms with Gasteiger partial charge in [0.1, 0.15) is 12.1 Å². The molecule has 0 radical (unpaired) electrons. The number of aliphatic hydroxyl groups is 1. The first-order valence-electron chi connectivity index (χ1n) is 13.2. The number of ether oxygens (including phenoxy) is 1. The standard InChI is InChI=1S/C26H37FN6O4/c27-21-1-3-22(4-2-21)32-9-11-33(12-10-32)26(35)24-20-37-25(28-24)19-30-7-5-29(6-8-30)17-23(34)18-31-13-15-36-16-14-31/h1-4,20,23,34H,5-19H2/t23-/m0/s1. The Morgan fingerprint density at radius 1 is 0.892 bits per heavy atom. The minimum absolute atomic E-state index is 0.118. The summed E-state index contributed by atoms with van der Waals surface area (Å²) >= 11 is 0. The zero-order valence-electron chi connectivity index (χ0n) is 21.3. The van der Waals surface area contributed by atoms with Gasteiger partial charge in [-0.25, -0.2) is 9.37 Å². The van der Waals surface area contributed by atoms with Crippen LogP contribution in [0.25, 0.3) is 0 Å². The molecule has 11 heteroatoms. The summed E-state index contributed by atoms with van der Waals surface area (Å²) in [6.07, 6.45) is 1.10. The second kappa shape index (κ2) is 12.3. The monoisotopic (exact) mass is 516 g/mol. The van der Waals surface area contributed by atoms with E-state index < -0.39 is 0 Å². The first-order valence-corrected chi connectivity index (χ1v) is 13.2. The highest BCUT2D eigenvalue weighted by Gasteiger charge is 2.26. The van der Waals surface area contributed by atoms with Crippen LogP contribution in [0.4, 0.5) is 10.1 Å². The lowest BCUT2D eigenvalue weighted by Crippen LogP contribution is -2.50. The van der Waals surface area contributed by atoms with E-state index in [1.54, 1.807) is 17.0 Å². The molecule has 1 N–H and O–H groups in total. The highest BCUT2D eigenvalue weighted by molar-refractivity contribution is 5.92. The summed E-state index contributed by atoms with van der Waals surface area (Å²) in [5.74, 6) is 0.182. The highest BCUT2D eigenvalue weighted by atomic mass is 19.1. The summed E-state index contributed by atoms with van der Waals surface area (Å²) < 4.78 is 24.2. The van der Waals surface area contributed by atoms with Crippen molar-refractivity contribution in [2.75, 3.05) is 96.7 Å². The number of amides is 1. The number of rotatable bonds is 8. The molecule has 0 bridgehead atoms. The molecule has 0 saturated carbocycles. The summed E-state index contributed by atoms with van der Waals surface area (Å²) in [7, 11) is 0. The Morgan fingerprint density at radius 3 is 2.19 bits per heavy atom. The average molecular weight is 517 g/mol. The van der Waals surface area contributed by atoms with Crippen molar-refractivity contribution in [3.8, 4) is 0 Å². The van der Waals surface area contributed by atoms with Crippen LogP contribution in [0.5, 0.6) is 0 Å². The molecule has 1 aromatic heterocycles. The van der Waals surface area contributed by atoms with Gasteiger partial charge >= 0.3 is 0 Å². The third-order valence-corrected chi connectivity index (χ3v) is 7.39. The molecular weight excluding hydrogens is 479 g/mol. The van der Waals surface area contributed by atoms with E-state index in [-0.39, 0.29) is 17.8 Å². The normalized spacial score (nSPS) is 21.4. The fourth-order valence-corrected chi connectivity index (χ4v) is 5.22. The summed E-state index contributed by atoms with van der Waals surface area (Å²) in [4.78, 5) is 28.2. The van der Waals surface area contributed by atoms with Gasteiger partial charge in [0.25, 0.3) is 5.91 Å². The van der Waals surface area contributed by atoms with Gasteiger partial charge in [0, 0.05) is 84.2 Å². The van der Waals surface area contributed by atoms with E-state index in [4.69, 9.17) is 9.15 Å². The third kappa shape index (κ3) is 7.05. The van der Waals surface area contributed by atoms with Gasteiger partial charge in [0.15, 0.2) is 5.69 Å². The Bertz CT molecular complexity index is 999. The molecule has 3 fully saturated rings. The molecular formula is C26H37FN6O4. The maximum atomic E-state index is 13.2. The lowest BCUT2D eigenvalue weighted by atomic mass is 10.2. The lowest BCUT2D eigenvalue weighted by Gasteiger charge is -2.36. The van der Waals surface area contributed by atoms with Crippen LogP contribution in [0.2, 0.25) is 0 Å². The zero-order valence-corrected chi connectivity index (χ0v) is 21.3. The largest absolute Gasteiger partial charge is 0.447 e. The quantitative estimate of drug-likeness (QED) is 0.542. The topological polar surface area (TPSA) is 88.8 Å². The predicted molar refractivity (Wildman–Crippen MR) is 136 cm³/mol. The number of β-amino-alcohol motifs (C(OH)–C–C–N with tert-alkyl or cyclic N) is 1. The Hall–Kier alpha value is -2.57. The maximum Gasteiger partial charge on any atom is 0.275 e. The summed E-state index contributed by atoms with van der Waals surface area (Å²) in [5, 5.41) is 10.5. The van der Waals surface area contributed by atoms with Crippen molar-refractivity contribution in [3.05, 3.63) is 47.9 Å². The van der Waals surface area contributed by atoms with Gasteiger partial charge in [0.2, 0.25) is 5.89 Å². The van der Waals surface area contributed by atoms with E-state index in [0.29, 0.717) is 57.4 Å². The molecule has 1 atom stereocenters. The minimum atomic E-state index is -0.359. The molecule has 0 unspecified atom stereocenters. The molecule has 3 saturated heterocycles. The summed E-state index contributed by atoms with van der Waals surface area (Å²) in [5.41, 5.74) is 1.30. The van der Waals surface area contributed by atoms with Crippen LogP contribution in [0.15, 0.2) is 34.9 Å². The van der Waals surface area contributed by atoms with Crippen molar-refractivity contribution < 1.29 is 23.4 Å². The van der Waals surface area contributed by atoms with Gasteiger partial charge in [-0.05, 0) is 24.3 Å². The van der Waals surface area contributed by atoms with Crippen LogP contribution in [-0.4, -0.2) is 133 Å². The van der Waals surface area contributed by atoms with Gasteiger partial charge in [-0.3, -0.25) is 19.5 Å². The summed E-state index contributed by atoms with van der Waals surface area (Å²) in [6.45, 7) is 11.2. The molecule has 1 amide bonds. The fourth-order valence-electron chi connectivity index (χ4n) is 5.22. The van der Waals surface area contributed by atoms with Gasteiger partial charge in [-0.15, -0.1) is 0 Å². The number of nitrogens with zero attached hydrogens (tertiary/aromatic N) is 6. The number of halogens is 1. The first-order chi connectivity index (χ1) is 18.0. The molecule has 5 rings (SSSR count). The van der Waals surface area contributed by atoms with E-state index in [9.17, 15) is 14.3 Å². The predicted octanol–water partition coefficient (Wildman–Crippen LogP) is 0.587. The van der Waals surface area contributed by atoms with Crippen LogP contribution in [0.1, 0.15) is 16.4 Å². The zero-order chi connectivity index (χ0) is 25.6. The van der Waals surface area contributed by atoms with Crippen molar-refractivity contribution in [1.29, 1.82) is 0 Å². The van der Waals surface area contributed by atoms with Gasteiger partial charge in [-0.1, -0.05) is 0 Å². The molecule has 10 nitrogen and oxygen atoms in total. The Balaban J connectivity index is 1.03. The van der Waals surface area contributed by atoms with E-state index in [1.807, 2.05) is 0 Å². The van der Waals surface area contributed by atoms with E-state index in [0.717, 1.165) is 58.2 Å². The second-order valence-corrected chi connectivity index (χ2v) is 10.0. The molecule has 3 aliphatic rings. The molecule has 0 aliphatic carbocycles.